The summed E-state index contributed by atoms with van der Waals surface area (Å²) in [7, 11) is 0. The Balaban J connectivity index is 1.17. The van der Waals surface area contributed by atoms with Crippen LogP contribution in [0.4, 0.5) is 11.4 Å². The summed E-state index contributed by atoms with van der Waals surface area (Å²) in [4.78, 5) is 5.12. The van der Waals surface area contributed by atoms with E-state index in [1.807, 2.05) is 48.6 Å². The molecule has 2 N–H and O–H groups in total. The lowest BCUT2D eigenvalue weighted by atomic mass is 10.1. The number of thiophene rings is 1. The van der Waals surface area contributed by atoms with Crippen LogP contribution in [0.25, 0.3) is 16.2 Å². The third-order valence-corrected chi connectivity index (χ3v) is 6.61. The summed E-state index contributed by atoms with van der Waals surface area (Å²) in [6, 6.07) is 14.8. The summed E-state index contributed by atoms with van der Waals surface area (Å²) in [6.07, 6.45) is 6.23. The zero-order chi connectivity index (χ0) is 20.8. The number of hydrogen-bond acceptors (Lipinski definition) is 5. The van der Waals surface area contributed by atoms with Crippen LogP contribution in [-0.4, -0.2) is 44.2 Å². The molecule has 30 heavy (non-hydrogen) atoms. The molecule has 0 aliphatic carbocycles. The van der Waals surface area contributed by atoms with Crippen LogP contribution < -0.4 is 15.4 Å². The maximum atomic E-state index is 6.07. The molecule has 1 saturated heterocycles. The van der Waals surface area contributed by atoms with Crippen LogP contribution >= 0.6 is 11.3 Å². The molecule has 1 aliphatic heterocycles. The van der Waals surface area contributed by atoms with E-state index in [9.17, 15) is 0 Å². The van der Waals surface area contributed by atoms with Gasteiger partial charge in [-0.1, -0.05) is 18.2 Å². The Bertz CT molecular complexity index is 989. The Morgan fingerprint density at radius 2 is 1.93 bits per heavy atom. The van der Waals surface area contributed by atoms with E-state index in [0.29, 0.717) is 0 Å². The van der Waals surface area contributed by atoms with Crippen LogP contribution in [0.2, 0.25) is 0 Å². The molecule has 0 spiro atoms. The smallest absolute Gasteiger partial charge is 0.121 e. The lowest BCUT2D eigenvalue weighted by Crippen LogP contribution is -2.46. The van der Waals surface area contributed by atoms with E-state index in [1.165, 1.54) is 15.8 Å². The van der Waals surface area contributed by atoms with Gasteiger partial charge in [-0.25, -0.2) is 0 Å². The molecule has 1 fully saturated rings. The number of allylic oxidation sites excluding steroid dienone is 1. The van der Waals surface area contributed by atoms with Gasteiger partial charge in [0, 0.05) is 53.7 Å². The van der Waals surface area contributed by atoms with Crippen molar-refractivity contribution < 1.29 is 4.74 Å². The molecule has 2 aromatic carbocycles. The van der Waals surface area contributed by atoms with Crippen LogP contribution in [0.15, 0.2) is 53.9 Å². The Hall–Kier alpha value is -2.50. The maximum Gasteiger partial charge on any atom is 0.121 e. The number of piperazine rings is 1. The third-order valence-electron chi connectivity index (χ3n) is 5.73. The molecule has 3 aromatic rings. The minimum absolute atomic E-state index is 0.739. The number of unbranched alkanes of at least 4 members (excludes halogenated alkanes) is 1. The van der Waals surface area contributed by atoms with Gasteiger partial charge in [0.15, 0.2) is 0 Å². The number of benzene rings is 2. The molecule has 0 unspecified atom stereocenters. The highest BCUT2D eigenvalue weighted by molar-refractivity contribution is 7.17. The lowest BCUT2D eigenvalue weighted by Gasteiger charge is -2.36. The highest BCUT2D eigenvalue weighted by Crippen LogP contribution is 2.31. The monoisotopic (exact) mass is 421 g/mol. The normalized spacial score (nSPS) is 15.3. The fourth-order valence-corrected chi connectivity index (χ4v) is 4.88. The van der Waals surface area contributed by atoms with Crippen LogP contribution in [0.5, 0.6) is 5.75 Å². The van der Waals surface area contributed by atoms with Gasteiger partial charge in [0.05, 0.1) is 6.61 Å². The summed E-state index contributed by atoms with van der Waals surface area (Å²) in [5.41, 5.74) is 9.27. The first-order valence-corrected chi connectivity index (χ1v) is 11.7. The molecular formula is C25H31N3OS. The minimum atomic E-state index is 0.739. The Kier molecular flexibility index (Phi) is 6.92. The lowest BCUT2D eigenvalue weighted by molar-refractivity contribution is 0.239. The molecule has 2 heterocycles. The van der Waals surface area contributed by atoms with E-state index in [4.69, 9.17) is 10.5 Å². The van der Waals surface area contributed by atoms with Crippen LogP contribution in [0.1, 0.15) is 25.3 Å². The predicted octanol–water partition coefficient (Wildman–Crippen LogP) is 5.50. The zero-order valence-corrected chi connectivity index (χ0v) is 18.5. The SMILES string of the molecule is C/C=C\c1ccc(OCCCCN2CCN(c3cccc4sccc34)CC2)cc1N. The molecule has 4 rings (SSSR count). The van der Waals surface area contributed by atoms with Crippen LogP contribution in [0, 0.1) is 0 Å². The molecule has 0 amide bonds. The fraction of sp³-hybridized carbons (Fsp3) is 0.360. The van der Waals surface area contributed by atoms with Crippen molar-refractivity contribution >= 4 is 38.9 Å². The summed E-state index contributed by atoms with van der Waals surface area (Å²) < 4.78 is 7.27. The summed E-state index contributed by atoms with van der Waals surface area (Å²) >= 11 is 1.82. The Morgan fingerprint density at radius 1 is 1.07 bits per heavy atom. The summed E-state index contributed by atoms with van der Waals surface area (Å²) in [5.74, 6) is 0.858. The first-order valence-electron chi connectivity index (χ1n) is 10.8. The highest BCUT2D eigenvalue weighted by Gasteiger charge is 2.18. The van der Waals surface area contributed by atoms with Crippen LogP contribution in [-0.2, 0) is 0 Å². The largest absolute Gasteiger partial charge is 0.494 e. The topological polar surface area (TPSA) is 41.7 Å². The number of rotatable bonds is 8. The van der Waals surface area contributed by atoms with E-state index in [1.54, 1.807) is 0 Å². The number of nitrogens with two attached hydrogens (primary N) is 1. The number of fused-ring (bicyclic) bond motifs is 1. The van der Waals surface area contributed by atoms with Gasteiger partial charge < -0.3 is 15.4 Å². The summed E-state index contributed by atoms with van der Waals surface area (Å²) in [6.45, 7) is 8.33. The van der Waals surface area contributed by atoms with Gasteiger partial charge in [0.25, 0.3) is 0 Å². The first kappa shape index (κ1) is 20.8. The third kappa shape index (κ3) is 4.97. The minimum Gasteiger partial charge on any atom is -0.494 e. The Labute approximate surface area is 183 Å². The molecule has 1 aromatic heterocycles. The zero-order valence-electron chi connectivity index (χ0n) is 17.7. The van der Waals surface area contributed by atoms with Gasteiger partial charge in [-0.2, -0.15) is 0 Å². The predicted molar refractivity (Wildman–Crippen MR) is 131 cm³/mol. The van der Waals surface area contributed by atoms with Crippen molar-refractivity contribution in [2.45, 2.75) is 19.8 Å². The summed E-state index contributed by atoms with van der Waals surface area (Å²) in [5, 5.41) is 3.59. The molecule has 0 saturated carbocycles. The standard InChI is InChI=1S/C25H31N3OS/c1-2-6-20-9-10-21(19-23(20)26)29-17-4-3-12-27-13-15-28(16-14-27)24-7-5-8-25-22(24)11-18-30-25/h2,5-11,18-19H,3-4,12-17,26H2,1H3/b6-2-. The fourth-order valence-electron chi connectivity index (χ4n) is 4.07. The average Bonchev–Trinajstić information content (AvgIpc) is 3.25. The highest BCUT2D eigenvalue weighted by atomic mass is 32.1. The number of ether oxygens (including phenoxy) is 1. The van der Waals surface area contributed by atoms with Gasteiger partial charge in [-0.05, 0) is 67.6 Å². The Morgan fingerprint density at radius 3 is 2.73 bits per heavy atom. The van der Waals surface area contributed by atoms with E-state index in [-0.39, 0.29) is 0 Å². The van der Waals surface area contributed by atoms with Crippen molar-refractivity contribution in [3.63, 3.8) is 0 Å². The number of hydrogen-bond donors (Lipinski definition) is 1. The van der Waals surface area contributed by atoms with Gasteiger partial charge in [-0.15, -0.1) is 11.3 Å². The second kappa shape index (κ2) is 10.0. The van der Waals surface area contributed by atoms with Crippen molar-refractivity contribution in [3.8, 4) is 5.75 Å². The second-order valence-corrected chi connectivity index (χ2v) is 8.73. The second-order valence-electron chi connectivity index (χ2n) is 7.78. The van der Waals surface area contributed by atoms with Crippen molar-refractivity contribution in [1.82, 2.24) is 4.90 Å². The average molecular weight is 422 g/mol. The molecule has 0 radical (unpaired) electrons. The van der Waals surface area contributed by atoms with E-state index >= 15 is 0 Å². The van der Waals surface area contributed by atoms with Gasteiger partial charge in [-0.3, -0.25) is 4.90 Å². The molecule has 158 valence electrons. The molecule has 4 nitrogen and oxygen atoms in total. The van der Waals surface area contributed by atoms with Crippen molar-refractivity contribution in [1.29, 1.82) is 0 Å². The molecule has 0 atom stereocenters. The molecular weight excluding hydrogens is 390 g/mol. The van der Waals surface area contributed by atoms with E-state index in [0.717, 1.165) is 69.2 Å². The van der Waals surface area contributed by atoms with Gasteiger partial charge in [0.1, 0.15) is 5.75 Å². The van der Waals surface area contributed by atoms with E-state index in [2.05, 4.69) is 39.4 Å². The van der Waals surface area contributed by atoms with Crippen molar-refractivity contribution in [2.24, 2.45) is 0 Å². The van der Waals surface area contributed by atoms with Crippen LogP contribution in [0.3, 0.4) is 0 Å². The van der Waals surface area contributed by atoms with Crippen molar-refractivity contribution in [2.75, 3.05) is 50.0 Å². The quantitative estimate of drug-likeness (QED) is 0.385. The van der Waals surface area contributed by atoms with Crippen molar-refractivity contribution in [3.05, 3.63) is 59.5 Å². The molecule has 5 heteroatoms. The van der Waals surface area contributed by atoms with Gasteiger partial charge >= 0.3 is 0 Å². The van der Waals surface area contributed by atoms with Gasteiger partial charge in [0.2, 0.25) is 0 Å². The maximum absolute atomic E-state index is 6.07. The number of anilines is 2. The first-order chi connectivity index (χ1) is 14.7. The number of nitrogens with zero attached hydrogens (tertiary/aromatic N) is 2. The number of nitrogen functional groups attached to an aromatic ring is 1. The molecule has 1 aliphatic rings. The molecule has 0 bridgehead atoms. The van der Waals surface area contributed by atoms with E-state index < -0.39 is 0 Å².